The second kappa shape index (κ2) is 7.20. The number of aromatic nitrogens is 2. The Kier molecular flexibility index (Phi) is 4.72. The van der Waals surface area contributed by atoms with Crippen molar-refractivity contribution in [1.82, 2.24) is 15.3 Å². The summed E-state index contributed by atoms with van der Waals surface area (Å²) in [6, 6.07) is 11.6. The van der Waals surface area contributed by atoms with Crippen molar-refractivity contribution in [3.8, 4) is 28.1 Å². The van der Waals surface area contributed by atoms with Crippen molar-refractivity contribution in [2.24, 2.45) is 0 Å². The van der Waals surface area contributed by atoms with Crippen molar-refractivity contribution in [3.63, 3.8) is 0 Å². The van der Waals surface area contributed by atoms with Crippen molar-refractivity contribution in [3.05, 3.63) is 54.5 Å². The fourth-order valence-corrected chi connectivity index (χ4v) is 3.39. The molecule has 0 bridgehead atoms. The first kappa shape index (κ1) is 18.4. The Morgan fingerprint density at radius 1 is 1.07 bits per heavy atom. The molecule has 0 aliphatic carbocycles. The highest BCUT2D eigenvalue weighted by Gasteiger charge is 2.32. The number of nitrogen functional groups attached to an aromatic ring is 1. The minimum absolute atomic E-state index is 0.199. The highest BCUT2D eigenvalue weighted by molar-refractivity contribution is 5.75. The number of imidazole rings is 1. The average Bonchev–Trinajstić information content (AvgIpc) is 3.32. The summed E-state index contributed by atoms with van der Waals surface area (Å²) in [5.74, 6) is 0.576. The number of hydrogen-bond acceptors (Lipinski definition) is 4. The molecule has 1 aromatic heterocycles. The lowest BCUT2D eigenvalue weighted by Gasteiger charge is -2.14. The molecule has 0 radical (unpaired) electrons. The van der Waals surface area contributed by atoms with Crippen LogP contribution >= 0.6 is 0 Å². The molecule has 1 saturated heterocycles. The third-order valence-electron chi connectivity index (χ3n) is 4.72. The lowest BCUT2D eigenvalue weighted by Crippen LogP contribution is -2.17. The molecule has 0 unspecified atom stereocenters. The van der Waals surface area contributed by atoms with Gasteiger partial charge in [0.2, 0.25) is 0 Å². The van der Waals surface area contributed by atoms with Crippen LogP contribution < -0.4 is 15.8 Å². The Bertz CT molecular complexity index is 960. The van der Waals surface area contributed by atoms with Gasteiger partial charge in [0, 0.05) is 17.3 Å². The van der Waals surface area contributed by atoms with E-state index in [1.807, 2.05) is 12.1 Å². The molecule has 3 aromatic rings. The largest absolute Gasteiger partial charge is 0.573 e. The number of rotatable bonds is 4. The summed E-state index contributed by atoms with van der Waals surface area (Å²) < 4.78 is 42.3. The molecule has 4 N–H and O–H groups in total. The van der Waals surface area contributed by atoms with Gasteiger partial charge in [-0.15, -0.1) is 13.2 Å². The maximum atomic E-state index is 12.7. The fraction of sp³-hybridized carbons (Fsp3) is 0.250. The van der Waals surface area contributed by atoms with E-state index in [4.69, 9.17) is 5.73 Å². The minimum Gasteiger partial charge on any atom is -0.405 e. The van der Waals surface area contributed by atoms with Gasteiger partial charge < -0.3 is 20.8 Å². The number of anilines is 1. The van der Waals surface area contributed by atoms with E-state index in [1.165, 1.54) is 12.1 Å². The van der Waals surface area contributed by atoms with E-state index in [0.717, 1.165) is 36.5 Å². The second-order valence-corrected chi connectivity index (χ2v) is 6.71. The number of ether oxygens (including phenoxy) is 1. The van der Waals surface area contributed by atoms with Crippen LogP contribution in [-0.2, 0) is 0 Å². The molecular formula is C20H19F3N4O. The quantitative estimate of drug-likeness (QED) is 0.569. The molecule has 1 atom stereocenters. The molecule has 1 fully saturated rings. The first-order valence-electron chi connectivity index (χ1n) is 8.93. The maximum Gasteiger partial charge on any atom is 0.573 e. The number of nitrogens with zero attached hydrogens (tertiary/aromatic N) is 1. The average molecular weight is 388 g/mol. The topological polar surface area (TPSA) is 76.0 Å². The van der Waals surface area contributed by atoms with Crippen LogP contribution in [0, 0.1) is 0 Å². The fourth-order valence-electron chi connectivity index (χ4n) is 3.39. The van der Waals surface area contributed by atoms with Crippen molar-refractivity contribution in [2.75, 3.05) is 12.3 Å². The Labute approximate surface area is 159 Å². The number of alkyl halides is 3. The van der Waals surface area contributed by atoms with Gasteiger partial charge in [-0.2, -0.15) is 0 Å². The Morgan fingerprint density at radius 3 is 2.50 bits per heavy atom. The molecule has 0 spiro atoms. The molecule has 2 aromatic carbocycles. The van der Waals surface area contributed by atoms with Crippen molar-refractivity contribution >= 4 is 5.69 Å². The van der Waals surface area contributed by atoms with Gasteiger partial charge in [0.05, 0.1) is 17.9 Å². The molecule has 146 valence electrons. The predicted octanol–water partition coefficient (Wildman–Crippen LogP) is 4.65. The van der Waals surface area contributed by atoms with Gasteiger partial charge in [0.1, 0.15) is 11.6 Å². The SMILES string of the molecule is Nc1ccc(-c2ccc(-c3cnc([C@@H]4CCCN4)[nH]3)cc2)c(OC(F)(F)F)c1. The smallest absolute Gasteiger partial charge is 0.405 e. The summed E-state index contributed by atoms with van der Waals surface area (Å²) in [5.41, 5.74) is 8.49. The Balaban J connectivity index is 1.60. The zero-order chi connectivity index (χ0) is 19.7. The molecule has 1 aliphatic heterocycles. The summed E-state index contributed by atoms with van der Waals surface area (Å²) in [5, 5.41) is 3.39. The van der Waals surface area contributed by atoms with Crippen LogP contribution in [0.25, 0.3) is 22.4 Å². The number of hydrogen-bond donors (Lipinski definition) is 3. The summed E-state index contributed by atoms with van der Waals surface area (Å²) in [6.45, 7) is 0.985. The number of nitrogens with two attached hydrogens (primary N) is 1. The highest BCUT2D eigenvalue weighted by Crippen LogP contribution is 2.36. The zero-order valence-electron chi connectivity index (χ0n) is 14.9. The second-order valence-electron chi connectivity index (χ2n) is 6.71. The van der Waals surface area contributed by atoms with Crippen LogP contribution in [0.2, 0.25) is 0 Å². The van der Waals surface area contributed by atoms with Crippen LogP contribution in [0.5, 0.6) is 5.75 Å². The number of nitrogens with one attached hydrogen (secondary N) is 2. The summed E-state index contributed by atoms with van der Waals surface area (Å²) in [7, 11) is 0. The third-order valence-corrected chi connectivity index (χ3v) is 4.72. The van der Waals surface area contributed by atoms with Gasteiger partial charge in [-0.1, -0.05) is 24.3 Å². The van der Waals surface area contributed by atoms with Gasteiger partial charge in [-0.05, 0) is 42.6 Å². The molecule has 1 aliphatic rings. The van der Waals surface area contributed by atoms with E-state index >= 15 is 0 Å². The lowest BCUT2D eigenvalue weighted by atomic mass is 10.0. The van der Waals surface area contributed by atoms with Crippen LogP contribution in [-0.4, -0.2) is 22.9 Å². The third kappa shape index (κ3) is 3.96. The summed E-state index contributed by atoms with van der Waals surface area (Å²) >= 11 is 0. The Morgan fingerprint density at radius 2 is 1.82 bits per heavy atom. The van der Waals surface area contributed by atoms with Crippen molar-refractivity contribution < 1.29 is 17.9 Å². The first-order valence-corrected chi connectivity index (χ1v) is 8.93. The van der Waals surface area contributed by atoms with E-state index in [1.54, 1.807) is 24.4 Å². The van der Waals surface area contributed by atoms with Gasteiger partial charge in [0.25, 0.3) is 0 Å². The van der Waals surface area contributed by atoms with Crippen LogP contribution in [0.15, 0.2) is 48.7 Å². The Hall–Kier alpha value is -3.00. The molecule has 28 heavy (non-hydrogen) atoms. The standard InChI is InChI=1S/C20H19F3N4O/c21-20(22,23)28-18-10-14(24)7-8-15(18)12-3-5-13(6-4-12)17-11-26-19(27-17)16-2-1-9-25-16/h3-8,10-11,16,25H,1-2,9,24H2,(H,26,27)/t16-/m0/s1. The van der Waals surface area contributed by atoms with Gasteiger partial charge in [-0.3, -0.25) is 0 Å². The maximum absolute atomic E-state index is 12.7. The van der Waals surface area contributed by atoms with Crippen LogP contribution in [0.4, 0.5) is 18.9 Å². The van der Waals surface area contributed by atoms with Gasteiger partial charge >= 0.3 is 6.36 Å². The monoisotopic (exact) mass is 388 g/mol. The van der Waals surface area contributed by atoms with Crippen LogP contribution in [0.3, 0.4) is 0 Å². The summed E-state index contributed by atoms with van der Waals surface area (Å²) in [6.07, 6.45) is -0.848. The van der Waals surface area contributed by atoms with Crippen molar-refractivity contribution in [2.45, 2.75) is 25.2 Å². The van der Waals surface area contributed by atoms with Gasteiger partial charge in [0.15, 0.2) is 0 Å². The van der Waals surface area contributed by atoms with E-state index in [9.17, 15) is 13.2 Å². The predicted molar refractivity (Wildman–Crippen MR) is 101 cm³/mol. The van der Waals surface area contributed by atoms with Gasteiger partial charge in [-0.25, -0.2) is 4.98 Å². The zero-order valence-corrected chi connectivity index (χ0v) is 14.9. The van der Waals surface area contributed by atoms with Crippen molar-refractivity contribution in [1.29, 1.82) is 0 Å². The number of halogens is 3. The number of aromatic amines is 1. The molecule has 5 nitrogen and oxygen atoms in total. The molecule has 0 amide bonds. The van der Waals surface area contributed by atoms with Crippen LogP contribution in [0.1, 0.15) is 24.7 Å². The first-order chi connectivity index (χ1) is 13.4. The molecule has 0 saturated carbocycles. The van der Waals surface area contributed by atoms with E-state index in [-0.39, 0.29) is 17.5 Å². The van der Waals surface area contributed by atoms with E-state index in [2.05, 4.69) is 20.0 Å². The molecule has 2 heterocycles. The number of H-pyrrole nitrogens is 1. The molecule has 8 heteroatoms. The highest BCUT2D eigenvalue weighted by atomic mass is 19.4. The summed E-state index contributed by atoms with van der Waals surface area (Å²) in [4.78, 5) is 7.76. The normalized spacial score (nSPS) is 17.0. The molecular weight excluding hydrogens is 369 g/mol. The van der Waals surface area contributed by atoms with E-state index in [0.29, 0.717) is 11.1 Å². The number of benzene rings is 2. The lowest BCUT2D eigenvalue weighted by molar-refractivity contribution is -0.274. The molecule has 4 rings (SSSR count). The van der Waals surface area contributed by atoms with E-state index < -0.39 is 6.36 Å². The minimum atomic E-state index is -4.79.